The summed E-state index contributed by atoms with van der Waals surface area (Å²) >= 11 is 0. The molecule has 0 aromatic rings. The summed E-state index contributed by atoms with van der Waals surface area (Å²) in [5.41, 5.74) is -0.727. The predicted octanol–water partition coefficient (Wildman–Crippen LogP) is 2.71. The summed E-state index contributed by atoms with van der Waals surface area (Å²) in [6.45, 7) is 3.43. The van der Waals surface area contributed by atoms with Crippen LogP contribution in [0.4, 0.5) is 13.2 Å². The Kier molecular flexibility index (Phi) is 2.35. The molecule has 1 heterocycles. The summed E-state index contributed by atoms with van der Waals surface area (Å²) < 4.78 is 36.2. The molecule has 0 saturated carbocycles. The van der Waals surface area contributed by atoms with Gasteiger partial charge < -0.3 is 0 Å². The van der Waals surface area contributed by atoms with Crippen molar-refractivity contribution >= 4 is 5.71 Å². The van der Waals surface area contributed by atoms with Crippen molar-refractivity contribution in [3.05, 3.63) is 24.9 Å². The average molecular weight is 175 g/mol. The van der Waals surface area contributed by atoms with Crippen molar-refractivity contribution in [1.29, 1.82) is 0 Å². The molecular formula is C8H8F3N. The van der Waals surface area contributed by atoms with Crippen LogP contribution in [0.1, 0.15) is 6.42 Å². The number of hydrogen-bond donors (Lipinski definition) is 0. The van der Waals surface area contributed by atoms with Crippen LogP contribution in [0.2, 0.25) is 0 Å². The fourth-order valence-corrected chi connectivity index (χ4v) is 0.938. The van der Waals surface area contributed by atoms with Gasteiger partial charge in [-0.2, -0.15) is 13.2 Å². The molecule has 1 atom stereocenters. The molecule has 1 unspecified atom stereocenters. The molecule has 1 nitrogen and oxygen atoms in total. The number of hydrogen-bond acceptors (Lipinski definition) is 1. The molecule has 1 rings (SSSR count). The van der Waals surface area contributed by atoms with Crippen molar-refractivity contribution in [2.45, 2.75) is 12.6 Å². The summed E-state index contributed by atoms with van der Waals surface area (Å²) in [6.07, 6.45) is -0.132. The Morgan fingerprint density at radius 2 is 2.25 bits per heavy atom. The fraction of sp³-hybridized carbons (Fsp3) is 0.375. The lowest BCUT2D eigenvalue weighted by Crippen LogP contribution is -2.25. The van der Waals surface area contributed by atoms with Gasteiger partial charge >= 0.3 is 6.18 Å². The Hall–Kier alpha value is -1.06. The van der Waals surface area contributed by atoms with E-state index < -0.39 is 11.9 Å². The predicted molar refractivity (Wildman–Crippen MR) is 40.9 cm³/mol. The number of rotatable bonds is 1. The number of aliphatic imine (C=N–C) groups is 1. The topological polar surface area (TPSA) is 12.4 Å². The largest absolute Gasteiger partial charge is 0.429 e. The Bertz CT molecular complexity index is 237. The van der Waals surface area contributed by atoms with E-state index in [1.807, 2.05) is 0 Å². The second-order valence-electron chi connectivity index (χ2n) is 2.52. The zero-order valence-electron chi connectivity index (χ0n) is 6.30. The van der Waals surface area contributed by atoms with Gasteiger partial charge in [0.2, 0.25) is 0 Å². The van der Waals surface area contributed by atoms with Crippen LogP contribution < -0.4 is 0 Å². The Labute approximate surface area is 68.3 Å². The van der Waals surface area contributed by atoms with E-state index in [9.17, 15) is 13.2 Å². The van der Waals surface area contributed by atoms with E-state index in [-0.39, 0.29) is 12.3 Å². The number of halogens is 3. The molecule has 66 valence electrons. The monoisotopic (exact) mass is 175 g/mol. The summed E-state index contributed by atoms with van der Waals surface area (Å²) in [5, 5.41) is 0. The summed E-state index contributed by atoms with van der Waals surface area (Å²) in [5.74, 6) is -0.237. The SMILES string of the molecule is C=CC1C=CN=C(C(F)(F)F)C1. The highest BCUT2D eigenvalue weighted by atomic mass is 19.4. The Morgan fingerprint density at radius 1 is 1.58 bits per heavy atom. The van der Waals surface area contributed by atoms with E-state index in [0.29, 0.717) is 0 Å². The minimum absolute atomic E-state index is 0.0938. The van der Waals surface area contributed by atoms with E-state index in [0.717, 1.165) is 0 Å². The Balaban J connectivity index is 2.76. The standard InChI is InChI=1S/C8H8F3N/c1-2-6-3-4-12-7(5-6)8(9,10)11/h2-4,6H,1,5H2. The normalized spacial score (nSPS) is 23.6. The van der Waals surface area contributed by atoms with Crippen molar-refractivity contribution < 1.29 is 13.2 Å². The molecule has 0 fully saturated rings. The molecule has 0 spiro atoms. The minimum Gasteiger partial charge on any atom is -0.257 e. The van der Waals surface area contributed by atoms with Crippen molar-refractivity contribution in [3.63, 3.8) is 0 Å². The van der Waals surface area contributed by atoms with Crippen molar-refractivity contribution in [1.82, 2.24) is 0 Å². The lowest BCUT2D eigenvalue weighted by Gasteiger charge is -2.15. The highest BCUT2D eigenvalue weighted by molar-refractivity contribution is 5.91. The van der Waals surface area contributed by atoms with Crippen molar-refractivity contribution in [2.75, 3.05) is 0 Å². The van der Waals surface area contributed by atoms with Gasteiger partial charge in [0.25, 0.3) is 0 Å². The first-order valence-electron chi connectivity index (χ1n) is 3.47. The van der Waals surface area contributed by atoms with Crippen LogP contribution in [0.3, 0.4) is 0 Å². The summed E-state index contributed by atoms with van der Waals surface area (Å²) in [7, 11) is 0. The van der Waals surface area contributed by atoms with E-state index in [1.165, 1.54) is 12.3 Å². The van der Waals surface area contributed by atoms with Crippen molar-refractivity contribution in [2.24, 2.45) is 10.9 Å². The van der Waals surface area contributed by atoms with Gasteiger partial charge in [0.05, 0.1) is 0 Å². The molecule has 0 aromatic heterocycles. The summed E-state index contributed by atoms with van der Waals surface area (Å²) in [6, 6.07) is 0. The molecule has 0 bridgehead atoms. The lowest BCUT2D eigenvalue weighted by molar-refractivity contribution is -0.0608. The second-order valence-corrected chi connectivity index (χ2v) is 2.52. The third-order valence-corrected chi connectivity index (χ3v) is 1.62. The molecule has 0 aromatic carbocycles. The molecule has 1 aliphatic heterocycles. The smallest absolute Gasteiger partial charge is 0.257 e. The van der Waals surface area contributed by atoms with Crippen molar-refractivity contribution in [3.8, 4) is 0 Å². The molecule has 0 N–H and O–H groups in total. The van der Waals surface area contributed by atoms with E-state index >= 15 is 0 Å². The zero-order valence-corrected chi connectivity index (χ0v) is 6.30. The zero-order chi connectivity index (χ0) is 9.19. The van der Waals surface area contributed by atoms with Gasteiger partial charge in [-0.25, -0.2) is 0 Å². The van der Waals surface area contributed by atoms with Crippen LogP contribution in [0.5, 0.6) is 0 Å². The van der Waals surface area contributed by atoms with E-state index in [1.54, 1.807) is 6.08 Å². The third-order valence-electron chi connectivity index (χ3n) is 1.62. The highest BCUT2D eigenvalue weighted by Crippen LogP contribution is 2.25. The van der Waals surface area contributed by atoms with Gasteiger partial charge in [-0.3, -0.25) is 4.99 Å². The molecule has 0 saturated heterocycles. The average Bonchev–Trinajstić information content (AvgIpc) is 2.03. The van der Waals surface area contributed by atoms with Gasteiger partial charge in [0.15, 0.2) is 0 Å². The molecule has 1 aliphatic rings. The van der Waals surface area contributed by atoms with Gasteiger partial charge in [-0.1, -0.05) is 12.2 Å². The van der Waals surface area contributed by atoms with Gasteiger partial charge in [-0.05, 0) is 0 Å². The minimum atomic E-state index is -4.30. The van der Waals surface area contributed by atoms with Crippen LogP contribution in [-0.2, 0) is 0 Å². The first kappa shape index (κ1) is 9.03. The number of allylic oxidation sites excluding steroid dienone is 2. The van der Waals surface area contributed by atoms with Crippen LogP contribution in [0, 0.1) is 5.92 Å². The molecular weight excluding hydrogens is 167 g/mol. The quantitative estimate of drug-likeness (QED) is 0.543. The highest BCUT2D eigenvalue weighted by Gasteiger charge is 2.36. The van der Waals surface area contributed by atoms with E-state index in [4.69, 9.17) is 0 Å². The maximum atomic E-state index is 12.1. The Morgan fingerprint density at radius 3 is 2.75 bits per heavy atom. The number of nitrogens with zero attached hydrogens (tertiary/aromatic N) is 1. The first-order valence-corrected chi connectivity index (χ1v) is 3.47. The molecule has 4 heteroatoms. The van der Waals surface area contributed by atoms with Gasteiger partial charge in [-0.15, -0.1) is 6.58 Å². The van der Waals surface area contributed by atoms with Crippen LogP contribution in [-0.4, -0.2) is 11.9 Å². The van der Waals surface area contributed by atoms with Crippen LogP contribution >= 0.6 is 0 Å². The third kappa shape index (κ3) is 1.96. The maximum Gasteiger partial charge on any atom is 0.429 e. The van der Waals surface area contributed by atoms with Gasteiger partial charge in [0, 0.05) is 18.5 Å². The molecule has 0 aliphatic carbocycles. The summed E-state index contributed by atoms with van der Waals surface area (Å²) in [4.78, 5) is 3.26. The second kappa shape index (κ2) is 3.13. The van der Waals surface area contributed by atoms with Gasteiger partial charge in [0.1, 0.15) is 5.71 Å². The lowest BCUT2D eigenvalue weighted by atomic mass is 10.00. The van der Waals surface area contributed by atoms with Crippen LogP contribution in [0.15, 0.2) is 29.9 Å². The fourth-order valence-electron chi connectivity index (χ4n) is 0.938. The maximum absolute atomic E-state index is 12.1. The van der Waals surface area contributed by atoms with Crippen LogP contribution in [0.25, 0.3) is 0 Å². The molecule has 12 heavy (non-hydrogen) atoms. The molecule has 0 amide bonds. The number of alkyl halides is 3. The first-order chi connectivity index (χ1) is 5.54. The van der Waals surface area contributed by atoms with E-state index in [2.05, 4.69) is 11.6 Å². The molecule has 0 radical (unpaired) electrons.